The number of halogens is 1. The molecule has 0 spiro atoms. The zero-order valence-corrected chi connectivity index (χ0v) is 14.1. The number of methoxy groups -OCH3 is 1. The SMILES string of the molecule is CCNC(Cc1ccc(OC)c(Br)c1)C1CCC(C)O1. The van der Waals surface area contributed by atoms with Crippen LogP contribution in [0.15, 0.2) is 22.7 Å². The Morgan fingerprint density at radius 3 is 2.80 bits per heavy atom. The van der Waals surface area contributed by atoms with Crippen LogP contribution in [0.4, 0.5) is 0 Å². The van der Waals surface area contributed by atoms with Gasteiger partial charge in [0.1, 0.15) is 5.75 Å². The smallest absolute Gasteiger partial charge is 0.133 e. The number of ether oxygens (including phenoxy) is 2. The normalized spacial score (nSPS) is 23.8. The van der Waals surface area contributed by atoms with Crippen molar-refractivity contribution >= 4 is 15.9 Å². The maximum absolute atomic E-state index is 6.02. The minimum atomic E-state index is 0.325. The van der Waals surface area contributed by atoms with Gasteiger partial charge in [-0.1, -0.05) is 13.0 Å². The second-order valence-corrected chi connectivity index (χ2v) is 6.25. The minimum absolute atomic E-state index is 0.325. The molecule has 1 aliphatic rings. The quantitative estimate of drug-likeness (QED) is 0.858. The standard InChI is InChI=1S/C16H24BrNO2/c1-4-18-14(16-7-5-11(2)20-16)10-12-6-8-15(19-3)13(17)9-12/h6,8-9,11,14,16,18H,4-5,7,10H2,1-3H3. The van der Waals surface area contributed by atoms with Gasteiger partial charge in [0.15, 0.2) is 0 Å². The monoisotopic (exact) mass is 341 g/mol. The van der Waals surface area contributed by atoms with Gasteiger partial charge >= 0.3 is 0 Å². The van der Waals surface area contributed by atoms with Gasteiger partial charge < -0.3 is 14.8 Å². The van der Waals surface area contributed by atoms with Crippen LogP contribution in [0.1, 0.15) is 32.3 Å². The number of hydrogen-bond acceptors (Lipinski definition) is 3. The molecule has 0 radical (unpaired) electrons. The lowest BCUT2D eigenvalue weighted by Gasteiger charge is -2.24. The number of rotatable bonds is 6. The molecular formula is C16H24BrNO2. The van der Waals surface area contributed by atoms with Gasteiger partial charge in [-0.3, -0.25) is 0 Å². The maximum atomic E-state index is 6.02. The molecule has 3 unspecified atom stereocenters. The van der Waals surface area contributed by atoms with Crippen LogP contribution in [-0.2, 0) is 11.2 Å². The molecule has 1 N–H and O–H groups in total. The summed E-state index contributed by atoms with van der Waals surface area (Å²) in [6.45, 7) is 5.28. The Labute approximate surface area is 130 Å². The molecule has 2 rings (SSSR count). The molecule has 1 aromatic carbocycles. The van der Waals surface area contributed by atoms with Crippen LogP contribution in [0, 0.1) is 0 Å². The first-order valence-corrected chi connectivity index (χ1v) is 8.14. The van der Waals surface area contributed by atoms with Crippen molar-refractivity contribution in [2.75, 3.05) is 13.7 Å². The van der Waals surface area contributed by atoms with Crippen molar-refractivity contribution in [1.29, 1.82) is 0 Å². The van der Waals surface area contributed by atoms with Gasteiger partial charge in [0.05, 0.1) is 23.8 Å². The van der Waals surface area contributed by atoms with Crippen LogP contribution >= 0.6 is 15.9 Å². The Kier molecular flexibility index (Phi) is 5.87. The molecule has 1 aliphatic heterocycles. The molecule has 0 saturated carbocycles. The lowest BCUT2D eigenvalue weighted by molar-refractivity contribution is 0.0324. The molecule has 1 aromatic rings. The Hall–Kier alpha value is -0.580. The third kappa shape index (κ3) is 3.96. The predicted molar refractivity (Wildman–Crippen MR) is 85.4 cm³/mol. The van der Waals surface area contributed by atoms with E-state index < -0.39 is 0 Å². The van der Waals surface area contributed by atoms with Gasteiger partial charge in [-0.25, -0.2) is 0 Å². The third-order valence-corrected chi connectivity index (χ3v) is 4.47. The summed E-state index contributed by atoms with van der Waals surface area (Å²) in [5.74, 6) is 0.875. The van der Waals surface area contributed by atoms with Crippen LogP contribution in [0.25, 0.3) is 0 Å². The van der Waals surface area contributed by atoms with Crippen LogP contribution in [-0.4, -0.2) is 31.9 Å². The summed E-state index contributed by atoms with van der Waals surface area (Å²) in [5, 5.41) is 3.57. The molecule has 0 aliphatic carbocycles. The molecule has 1 heterocycles. The summed E-state index contributed by atoms with van der Waals surface area (Å²) in [4.78, 5) is 0. The van der Waals surface area contributed by atoms with E-state index in [0.717, 1.165) is 29.6 Å². The highest BCUT2D eigenvalue weighted by Gasteiger charge is 2.29. The van der Waals surface area contributed by atoms with Crippen molar-refractivity contribution in [3.05, 3.63) is 28.2 Å². The predicted octanol–water partition coefficient (Wildman–Crippen LogP) is 3.55. The summed E-state index contributed by atoms with van der Waals surface area (Å²) in [5.41, 5.74) is 1.30. The number of likely N-dealkylation sites (N-methyl/N-ethyl adjacent to an activating group) is 1. The van der Waals surface area contributed by atoms with E-state index in [-0.39, 0.29) is 0 Å². The van der Waals surface area contributed by atoms with E-state index in [4.69, 9.17) is 9.47 Å². The van der Waals surface area contributed by atoms with Crippen molar-refractivity contribution in [3.8, 4) is 5.75 Å². The van der Waals surface area contributed by atoms with Crippen molar-refractivity contribution in [3.63, 3.8) is 0 Å². The van der Waals surface area contributed by atoms with E-state index in [0.29, 0.717) is 18.2 Å². The zero-order valence-electron chi connectivity index (χ0n) is 12.5. The van der Waals surface area contributed by atoms with Crippen LogP contribution in [0.5, 0.6) is 5.75 Å². The topological polar surface area (TPSA) is 30.5 Å². The second-order valence-electron chi connectivity index (χ2n) is 5.40. The molecule has 4 heteroatoms. The van der Waals surface area contributed by atoms with Crippen LogP contribution in [0.2, 0.25) is 0 Å². The highest BCUT2D eigenvalue weighted by atomic mass is 79.9. The zero-order chi connectivity index (χ0) is 14.5. The highest BCUT2D eigenvalue weighted by Crippen LogP contribution is 2.28. The van der Waals surface area contributed by atoms with E-state index in [1.165, 1.54) is 12.0 Å². The third-order valence-electron chi connectivity index (χ3n) is 3.85. The molecule has 1 fully saturated rings. The van der Waals surface area contributed by atoms with Gasteiger partial charge in [-0.2, -0.15) is 0 Å². The second kappa shape index (κ2) is 7.43. The number of hydrogen-bond donors (Lipinski definition) is 1. The lowest BCUT2D eigenvalue weighted by Crippen LogP contribution is -2.41. The van der Waals surface area contributed by atoms with Gasteiger partial charge in [-0.05, 0) is 66.4 Å². The van der Waals surface area contributed by atoms with Gasteiger partial charge in [0, 0.05) is 6.04 Å². The fourth-order valence-electron chi connectivity index (χ4n) is 2.82. The molecule has 112 valence electrons. The van der Waals surface area contributed by atoms with Crippen LogP contribution < -0.4 is 10.1 Å². The Morgan fingerprint density at radius 1 is 1.45 bits per heavy atom. The molecule has 1 saturated heterocycles. The van der Waals surface area contributed by atoms with E-state index >= 15 is 0 Å². The summed E-state index contributed by atoms with van der Waals surface area (Å²) < 4.78 is 12.3. The molecule has 3 atom stereocenters. The highest BCUT2D eigenvalue weighted by molar-refractivity contribution is 9.10. The average Bonchev–Trinajstić information content (AvgIpc) is 2.85. The molecule has 0 bridgehead atoms. The first-order valence-electron chi connectivity index (χ1n) is 7.35. The first-order chi connectivity index (χ1) is 9.63. The number of benzene rings is 1. The fourth-order valence-corrected chi connectivity index (χ4v) is 3.41. The average molecular weight is 342 g/mol. The van der Waals surface area contributed by atoms with E-state index in [9.17, 15) is 0 Å². The van der Waals surface area contributed by atoms with Crippen molar-refractivity contribution in [2.45, 2.75) is 51.4 Å². The summed E-state index contributed by atoms with van der Waals surface area (Å²) in [7, 11) is 1.69. The summed E-state index contributed by atoms with van der Waals surface area (Å²) >= 11 is 3.55. The van der Waals surface area contributed by atoms with Gasteiger partial charge in [0.2, 0.25) is 0 Å². The fraction of sp³-hybridized carbons (Fsp3) is 0.625. The number of nitrogens with one attached hydrogen (secondary N) is 1. The Morgan fingerprint density at radius 2 is 2.25 bits per heavy atom. The Bertz CT molecular complexity index is 438. The van der Waals surface area contributed by atoms with Gasteiger partial charge in [0.25, 0.3) is 0 Å². The molecule has 0 amide bonds. The van der Waals surface area contributed by atoms with Crippen molar-refractivity contribution < 1.29 is 9.47 Å². The van der Waals surface area contributed by atoms with E-state index in [2.05, 4.69) is 47.2 Å². The molecular weight excluding hydrogens is 318 g/mol. The molecule has 3 nitrogen and oxygen atoms in total. The largest absolute Gasteiger partial charge is 0.496 e. The van der Waals surface area contributed by atoms with Crippen LogP contribution in [0.3, 0.4) is 0 Å². The van der Waals surface area contributed by atoms with Gasteiger partial charge in [-0.15, -0.1) is 0 Å². The Balaban J connectivity index is 2.05. The van der Waals surface area contributed by atoms with Crippen molar-refractivity contribution in [1.82, 2.24) is 5.32 Å². The van der Waals surface area contributed by atoms with Crippen molar-refractivity contribution in [2.24, 2.45) is 0 Å². The van der Waals surface area contributed by atoms with E-state index in [1.54, 1.807) is 7.11 Å². The first kappa shape index (κ1) is 15.8. The maximum Gasteiger partial charge on any atom is 0.133 e. The van der Waals surface area contributed by atoms with E-state index in [1.807, 2.05) is 6.07 Å². The lowest BCUT2D eigenvalue weighted by atomic mass is 9.99. The molecule has 20 heavy (non-hydrogen) atoms. The molecule has 0 aromatic heterocycles. The minimum Gasteiger partial charge on any atom is -0.496 e. The summed E-state index contributed by atoms with van der Waals surface area (Å²) in [6, 6.07) is 6.67. The summed E-state index contributed by atoms with van der Waals surface area (Å²) in [6.07, 6.45) is 4.01.